The number of nitrogens with one attached hydrogen (secondary N) is 2. The minimum Gasteiger partial charge on any atom is -0.495 e. The first-order valence-corrected chi connectivity index (χ1v) is 9.33. The summed E-state index contributed by atoms with van der Waals surface area (Å²) >= 11 is 0. The molecule has 1 heterocycles. The number of aryl methyl sites for hydroxylation is 2. The van der Waals surface area contributed by atoms with Crippen LogP contribution in [-0.4, -0.2) is 23.9 Å². The predicted molar refractivity (Wildman–Crippen MR) is 114 cm³/mol. The second kappa shape index (κ2) is 9.01. The van der Waals surface area contributed by atoms with Crippen LogP contribution in [0.4, 0.5) is 11.4 Å². The molecule has 0 aliphatic carbocycles. The summed E-state index contributed by atoms with van der Waals surface area (Å²) in [6.07, 6.45) is 2.24. The van der Waals surface area contributed by atoms with E-state index in [4.69, 9.17) is 4.74 Å². The molecule has 0 saturated carbocycles. The number of methoxy groups -OCH3 is 1. The van der Waals surface area contributed by atoms with Crippen molar-refractivity contribution in [2.24, 2.45) is 0 Å². The van der Waals surface area contributed by atoms with E-state index < -0.39 is 0 Å². The molecular formula is C23H23N3O3. The summed E-state index contributed by atoms with van der Waals surface area (Å²) in [6, 6.07) is 16.2. The molecule has 2 N–H and O–H groups in total. The van der Waals surface area contributed by atoms with Crippen molar-refractivity contribution >= 4 is 23.2 Å². The summed E-state index contributed by atoms with van der Waals surface area (Å²) in [7, 11) is 1.54. The number of carbonyl (C=O) groups excluding carboxylic acids is 2. The Kier molecular flexibility index (Phi) is 6.24. The summed E-state index contributed by atoms with van der Waals surface area (Å²) in [6.45, 7) is 3.95. The van der Waals surface area contributed by atoms with Crippen molar-refractivity contribution in [3.63, 3.8) is 0 Å². The number of amides is 2. The molecule has 2 aromatic carbocycles. The van der Waals surface area contributed by atoms with Gasteiger partial charge in [-0.15, -0.1) is 0 Å². The molecule has 3 aromatic rings. The normalized spacial score (nSPS) is 10.3. The summed E-state index contributed by atoms with van der Waals surface area (Å²) in [5, 5.41) is 5.70. The van der Waals surface area contributed by atoms with Gasteiger partial charge in [-0.2, -0.15) is 0 Å². The van der Waals surface area contributed by atoms with Crippen molar-refractivity contribution in [2.45, 2.75) is 20.3 Å². The zero-order valence-corrected chi connectivity index (χ0v) is 16.7. The van der Waals surface area contributed by atoms with Crippen LogP contribution in [0.15, 0.2) is 60.8 Å². The molecule has 3 rings (SSSR count). The first-order valence-electron chi connectivity index (χ1n) is 9.33. The van der Waals surface area contributed by atoms with E-state index in [9.17, 15) is 9.59 Å². The molecule has 6 nitrogen and oxygen atoms in total. The molecule has 0 radical (unpaired) electrons. The fourth-order valence-electron chi connectivity index (χ4n) is 2.95. The minimum atomic E-state index is -0.367. The third-order valence-electron chi connectivity index (χ3n) is 4.50. The molecule has 0 saturated heterocycles. The minimum absolute atomic E-state index is 0.166. The molecule has 6 heteroatoms. The van der Waals surface area contributed by atoms with Crippen molar-refractivity contribution in [3.05, 3.63) is 83.2 Å². The Balaban J connectivity index is 1.79. The van der Waals surface area contributed by atoms with Gasteiger partial charge in [0.05, 0.1) is 12.8 Å². The highest BCUT2D eigenvalue weighted by atomic mass is 16.5. The van der Waals surface area contributed by atoms with E-state index in [0.717, 1.165) is 23.2 Å². The Morgan fingerprint density at radius 1 is 0.966 bits per heavy atom. The molecule has 29 heavy (non-hydrogen) atoms. The maximum Gasteiger partial charge on any atom is 0.274 e. The van der Waals surface area contributed by atoms with Gasteiger partial charge in [-0.05, 0) is 54.8 Å². The van der Waals surface area contributed by atoms with Gasteiger partial charge in [0.2, 0.25) is 0 Å². The average Bonchev–Trinajstić information content (AvgIpc) is 2.74. The van der Waals surface area contributed by atoms with Crippen molar-refractivity contribution in [1.82, 2.24) is 4.98 Å². The van der Waals surface area contributed by atoms with Gasteiger partial charge >= 0.3 is 0 Å². The molecule has 1 aromatic heterocycles. The topological polar surface area (TPSA) is 80.3 Å². The van der Waals surface area contributed by atoms with Gasteiger partial charge in [0.25, 0.3) is 11.8 Å². The maximum absolute atomic E-state index is 12.7. The standard InChI is InChI=1S/C23H23N3O3/c1-4-16-7-5-6-8-18(16)25-23(28)20-14-17(11-12-24-20)22(27)26-19-13-15(2)9-10-21(19)29-3/h5-14H,4H2,1-3H3,(H,25,28)(H,26,27). The second-order valence-electron chi connectivity index (χ2n) is 6.55. The number of hydrogen-bond acceptors (Lipinski definition) is 4. The number of nitrogens with zero attached hydrogens (tertiary/aromatic N) is 1. The van der Waals surface area contributed by atoms with Crippen LogP contribution in [0.3, 0.4) is 0 Å². The molecule has 0 fully saturated rings. The molecule has 0 spiro atoms. The van der Waals surface area contributed by atoms with Gasteiger partial charge in [0.1, 0.15) is 11.4 Å². The van der Waals surface area contributed by atoms with Crippen LogP contribution < -0.4 is 15.4 Å². The average molecular weight is 389 g/mol. The van der Waals surface area contributed by atoms with E-state index in [0.29, 0.717) is 17.0 Å². The van der Waals surface area contributed by atoms with Crippen molar-refractivity contribution in [3.8, 4) is 5.75 Å². The second-order valence-corrected chi connectivity index (χ2v) is 6.55. The first-order chi connectivity index (χ1) is 14.0. The third-order valence-corrected chi connectivity index (χ3v) is 4.50. The van der Waals surface area contributed by atoms with Gasteiger partial charge in [0, 0.05) is 17.4 Å². The fourth-order valence-corrected chi connectivity index (χ4v) is 2.95. The van der Waals surface area contributed by atoms with Crippen molar-refractivity contribution < 1.29 is 14.3 Å². The highest BCUT2D eigenvalue weighted by molar-refractivity contribution is 6.08. The van der Waals surface area contributed by atoms with Crippen LogP contribution in [0.2, 0.25) is 0 Å². The van der Waals surface area contributed by atoms with E-state index in [-0.39, 0.29) is 17.5 Å². The molecule has 0 bridgehead atoms. The molecule has 0 aliphatic rings. The van der Waals surface area contributed by atoms with E-state index in [2.05, 4.69) is 15.6 Å². The zero-order chi connectivity index (χ0) is 20.8. The molecule has 0 atom stereocenters. The zero-order valence-electron chi connectivity index (χ0n) is 16.7. The quantitative estimate of drug-likeness (QED) is 0.652. The number of rotatable bonds is 6. The van der Waals surface area contributed by atoms with E-state index in [1.54, 1.807) is 19.2 Å². The Morgan fingerprint density at radius 3 is 2.48 bits per heavy atom. The van der Waals surface area contributed by atoms with Crippen LogP contribution in [0.1, 0.15) is 38.9 Å². The summed E-state index contributed by atoms with van der Waals surface area (Å²) in [5.74, 6) is -0.153. The van der Waals surface area contributed by atoms with Gasteiger partial charge in [-0.1, -0.05) is 31.2 Å². The lowest BCUT2D eigenvalue weighted by Crippen LogP contribution is -2.17. The maximum atomic E-state index is 12.7. The highest BCUT2D eigenvalue weighted by Gasteiger charge is 2.15. The number of aromatic nitrogens is 1. The number of carbonyl (C=O) groups is 2. The summed E-state index contributed by atoms with van der Waals surface area (Å²) in [4.78, 5) is 29.4. The van der Waals surface area contributed by atoms with Gasteiger partial charge in [-0.25, -0.2) is 0 Å². The lowest BCUT2D eigenvalue weighted by Gasteiger charge is -2.12. The smallest absolute Gasteiger partial charge is 0.274 e. The van der Waals surface area contributed by atoms with E-state index in [1.165, 1.54) is 12.3 Å². The van der Waals surface area contributed by atoms with E-state index in [1.807, 2.05) is 50.2 Å². The summed E-state index contributed by atoms with van der Waals surface area (Å²) < 4.78 is 5.30. The molecule has 0 aliphatic heterocycles. The highest BCUT2D eigenvalue weighted by Crippen LogP contribution is 2.26. The predicted octanol–water partition coefficient (Wildman–Crippen LogP) is 4.47. The molecule has 2 amide bonds. The van der Waals surface area contributed by atoms with Gasteiger partial charge < -0.3 is 15.4 Å². The number of anilines is 2. The van der Waals surface area contributed by atoms with Crippen LogP contribution >= 0.6 is 0 Å². The SMILES string of the molecule is CCc1ccccc1NC(=O)c1cc(C(=O)Nc2cc(C)ccc2OC)ccn1. The Hall–Kier alpha value is -3.67. The number of hydrogen-bond donors (Lipinski definition) is 2. The van der Waals surface area contributed by atoms with Gasteiger partial charge in [-0.3, -0.25) is 14.6 Å². The molecular weight excluding hydrogens is 366 g/mol. The largest absolute Gasteiger partial charge is 0.495 e. The third kappa shape index (κ3) is 4.79. The first kappa shape index (κ1) is 20.1. The molecule has 148 valence electrons. The lowest BCUT2D eigenvalue weighted by atomic mass is 10.1. The number of pyridine rings is 1. The van der Waals surface area contributed by atoms with E-state index >= 15 is 0 Å². The van der Waals surface area contributed by atoms with Crippen LogP contribution in [0, 0.1) is 6.92 Å². The monoisotopic (exact) mass is 389 g/mol. The Bertz CT molecular complexity index is 1050. The lowest BCUT2D eigenvalue weighted by molar-refractivity contribution is 0.102. The number of para-hydroxylation sites is 1. The van der Waals surface area contributed by atoms with Crippen LogP contribution in [-0.2, 0) is 6.42 Å². The van der Waals surface area contributed by atoms with Crippen molar-refractivity contribution in [2.75, 3.05) is 17.7 Å². The van der Waals surface area contributed by atoms with Gasteiger partial charge in [0.15, 0.2) is 0 Å². The number of ether oxygens (including phenoxy) is 1. The van der Waals surface area contributed by atoms with Crippen molar-refractivity contribution in [1.29, 1.82) is 0 Å². The van der Waals surface area contributed by atoms with Crippen LogP contribution in [0.25, 0.3) is 0 Å². The Labute approximate surface area is 169 Å². The molecule has 0 unspecified atom stereocenters. The van der Waals surface area contributed by atoms with Crippen LogP contribution in [0.5, 0.6) is 5.75 Å². The number of benzene rings is 2. The summed E-state index contributed by atoms with van der Waals surface area (Å²) in [5.41, 5.74) is 3.82. The fraction of sp³-hybridized carbons (Fsp3) is 0.174. The Morgan fingerprint density at radius 2 is 1.72 bits per heavy atom.